The van der Waals surface area contributed by atoms with E-state index in [0.717, 1.165) is 27.8 Å². The van der Waals surface area contributed by atoms with Gasteiger partial charge < -0.3 is 15.7 Å². The smallest absolute Gasteiger partial charge is 0.333 e. The van der Waals surface area contributed by atoms with E-state index in [1.807, 2.05) is 0 Å². The van der Waals surface area contributed by atoms with Crippen LogP contribution in [-0.2, 0) is 10.0 Å². The largest absolute Gasteiger partial charge is 0.492 e. The fourth-order valence-corrected chi connectivity index (χ4v) is 5.14. The van der Waals surface area contributed by atoms with Gasteiger partial charge in [0.25, 0.3) is 15.6 Å². The molecule has 0 aliphatic rings. The predicted molar refractivity (Wildman–Crippen MR) is 123 cm³/mol. The summed E-state index contributed by atoms with van der Waals surface area (Å²) >= 11 is 6.49. The highest BCUT2D eigenvalue weighted by molar-refractivity contribution is 7.92. The number of benzene rings is 1. The first-order chi connectivity index (χ1) is 15.7. The molecule has 15 heteroatoms. The number of thiophene rings is 1. The van der Waals surface area contributed by atoms with Crippen LogP contribution in [0.1, 0.15) is 0 Å². The first-order valence-electron chi connectivity index (χ1n) is 9.02. The number of aromatic nitrogens is 4. The molecule has 0 atom stereocenters. The summed E-state index contributed by atoms with van der Waals surface area (Å²) in [7, 11) is -2.42. The summed E-state index contributed by atoms with van der Waals surface area (Å²) in [5.74, 6) is -0.888. The number of fused-ring (bicyclic) bond motifs is 1. The van der Waals surface area contributed by atoms with Crippen LogP contribution in [-0.4, -0.2) is 46.1 Å². The van der Waals surface area contributed by atoms with Crippen LogP contribution in [0.15, 0.2) is 51.9 Å². The van der Waals surface area contributed by atoms with Crippen molar-refractivity contribution in [3.63, 3.8) is 0 Å². The van der Waals surface area contributed by atoms with Crippen molar-refractivity contribution in [2.75, 3.05) is 17.7 Å². The summed E-state index contributed by atoms with van der Waals surface area (Å²) in [5, 5.41) is 15.6. The summed E-state index contributed by atoms with van der Waals surface area (Å²) in [5.41, 5.74) is 0.479. The van der Waals surface area contributed by atoms with Gasteiger partial charge in [-0.1, -0.05) is 11.6 Å². The van der Waals surface area contributed by atoms with Gasteiger partial charge in [-0.3, -0.25) is 4.79 Å². The van der Waals surface area contributed by atoms with Crippen LogP contribution in [0.3, 0.4) is 0 Å². The molecule has 3 heterocycles. The number of aromatic hydroxyl groups is 1. The molecular formula is C18H14ClN7O5S2. The van der Waals surface area contributed by atoms with Crippen LogP contribution in [0, 0.1) is 0 Å². The standard InChI is InChI=1S/C18H14ClN7O5S2/c1-20-9-2-3-10-11(6-9)22-8-26(16(10)28)17-21-7-12(15(27)24-17)23-18(29)25-33(30,31)14-5-4-13(19)32-14/h2-8,20H,1H3,(H,21,24,27)(H2,23,25,29). The number of urea groups is 1. The Balaban J connectivity index is 1.57. The molecule has 0 unspecified atom stereocenters. The average molecular weight is 508 g/mol. The van der Waals surface area contributed by atoms with Gasteiger partial charge in [0, 0.05) is 12.7 Å². The Bertz CT molecular complexity index is 1550. The van der Waals surface area contributed by atoms with Crippen molar-refractivity contribution in [2.45, 2.75) is 4.21 Å². The molecule has 3 aromatic heterocycles. The zero-order chi connectivity index (χ0) is 23.8. The summed E-state index contributed by atoms with van der Waals surface area (Å²) in [4.78, 5) is 36.8. The third-order valence-corrected chi connectivity index (χ3v) is 7.36. The monoisotopic (exact) mass is 507 g/mol. The van der Waals surface area contributed by atoms with E-state index in [1.54, 1.807) is 30.0 Å². The molecule has 0 saturated heterocycles. The van der Waals surface area contributed by atoms with E-state index in [9.17, 15) is 23.1 Å². The first kappa shape index (κ1) is 22.4. The lowest BCUT2D eigenvalue weighted by Crippen LogP contribution is -2.34. The third kappa shape index (κ3) is 4.57. The fourth-order valence-electron chi connectivity index (χ4n) is 2.75. The molecule has 0 spiro atoms. The molecule has 170 valence electrons. The summed E-state index contributed by atoms with van der Waals surface area (Å²) in [6, 6.07) is 6.46. The van der Waals surface area contributed by atoms with Gasteiger partial charge in [-0.25, -0.2) is 32.5 Å². The van der Waals surface area contributed by atoms with Crippen LogP contribution in [0.4, 0.5) is 16.2 Å². The lowest BCUT2D eigenvalue weighted by Gasteiger charge is -2.10. The number of anilines is 2. The number of hydrogen-bond donors (Lipinski definition) is 4. The molecule has 1 aromatic carbocycles. The summed E-state index contributed by atoms with van der Waals surface area (Å²) in [6.07, 6.45) is 2.23. The van der Waals surface area contributed by atoms with Gasteiger partial charge in [0.15, 0.2) is 0 Å². The van der Waals surface area contributed by atoms with E-state index in [-0.39, 0.29) is 20.2 Å². The zero-order valence-electron chi connectivity index (χ0n) is 16.6. The maximum absolute atomic E-state index is 12.8. The first-order valence-corrected chi connectivity index (χ1v) is 11.7. The van der Waals surface area contributed by atoms with Crippen LogP contribution in [0.2, 0.25) is 4.34 Å². The average Bonchev–Trinajstić information content (AvgIpc) is 3.22. The van der Waals surface area contributed by atoms with Gasteiger partial charge in [-0.15, -0.1) is 11.3 Å². The van der Waals surface area contributed by atoms with Gasteiger partial charge in [-0.05, 0) is 30.3 Å². The fraction of sp³-hybridized carbons (Fsp3) is 0.0556. The molecular weight excluding hydrogens is 494 g/mol. The van der Waals surface area contributed by atoms with Gasteiger partial charge in [0.05, 0.1) is 21.4 Å². The minimum atomic E-state index is -4.16. The Morgan fingerprint density at radius 3 is 2.67 bits per heavy atom. The number of rotatable bonds is 5. The highest BCUT2D eigenvalue weighted by Crippen LogP contribution is 2.25. The Kier molecular flexibility index (Phi) is 5.88. The zero-order valence-corrected chi connectivity index (χ0v) is 19.0. The summed E-state index contributed by atoms with van der Waals surface area (Å²) < 4.78 is 27.3. The molecule has 12 nitrogen and oxygen atoms in total. The van der Waals surface area contributed by atoms with Crippen LogP contribution in [0.25, 0.3) is 16.9 Å². The number of halogens is 1. The summed E-state index contributed by atoms with van der Waals surface area (Å²) in [6.45, 7) is 0. The van der Waals surface area contributed by atoms with Crippen molar-refractivity contribution in [3.8, 4) is 11.8 Å². The Morgan fingerprint density at radius 1 is 1.21 bits per heavy atom. The minimum Gasteiger partial charge on any atom is -0.492 e. The molecule has 0 saturated carbocycles. The second kappa shape index (κ2) is 8.65. The maximum atomic E-state index is 12.8. The van der Waals surface area contributed by atoms with Crippen LogP contribution >= 0.6 is 22.9 Å². The van der Waals surface area contributed by atoms with Gasteiger partial charge >= 0.3 is 6.03 Å². The van der Waals surface area contributed by atoms with Crippen LogP contribution in [0.5, 0.6) is 5.88 Å². The molecule has 2 amide bonds. The molecule has 0 bridgehead atoms. The topological polar surface area (TPSA) is 168 Å². The Hall–Kier alpha value is -3.75. The molecule has 4 rings (SSSR count). The highest BCUT2D eigenvalue weighted by atomic mass is 35.5. The molecule has 0 radical (unpaired) electrons. The van der Waals surface area contributed by atoms with Crippen molar-refractivity contribution in [1.82, 2.24) is 24.2 Å². The second-order valence-corrected chi connectivity index (χ2v) is 10.1. The SMILES string of the molecule is CNc1ccc2c(=O)n(-c3ncc(NC(=O)NS(=O)(=O)c4ccc(Cl)s4)c(O)n3)cnc2c1. The van der Waals surface area contributed by atoms with E-state index in [4.69, 9.17) is 11.6 Å². The molecule has 0 aliphatic carbocycles. The minimum absolute atomic E-state index is 0.163. The van der Waals surface area contributed by atoms with Gasteiger partial charge in [0.2, 0.25) is 11.8 Å². The number of carbonyl (C=O) groups is 1. The normalized spacial score (nSPS) is 11.3. The number of nitrogens with one attached hydrogen (secondary N) is 3. The number of amides is 2. The maximum Gasteiger partial charge on any atom is 0.333 e. The number of sulfonamides is 1. The van der Waals surface area contributed by atoms with Crippen molar-refractivity contribution >= 4 is 61.3 Å². The lowest BCUT2D eigenvalue weighted by atomic mass is 10.2. The Labute approximate surface area is 195 Å². The second-order valence-electron chi connectivity index (χ2n) is 6.43. The van der Waals surface area contributed by atoms with E-state index in [1.165, 1.54) is 18.5 Å². The van der Waals surface area contributed by atoms with Crippen molar-refractivity contribution in [2.24, 2.45) is 0 Å². The highest BCUT2D eigenvalue weighted by Gasteiger charge is 2.21. The molecule has 4 aromatic rings. The van der Waals surface area contributed by atoms with E-state index in [0.29, 0.717) is 10.9 Å². The Morgan fingerprint density at radius 2 is 2.00 bits per heavy atom. The number of carbonyl (C=O) groups excluding carboxylic acids is 1. The molecule has 33 heavy (non-hydrogen) atoms. The predicted octanol–water partition coefficient (Wildman–Crippen LogP) is 2.15. The van der Waals surface area contributed by atoms with E-state index >= 15 is 0 Å². The third-order valence-electron chi connectivity index (χ3n) is 4.31. The number of hydrogen-bond acceptors (Lipinski definition) is 10. The van der Waals surface area contributed by atoms with Crippen LogP contribution < -0.4 is 20.9 Å². The lowest BCUT2D eigenvalue weighted by molar-refractivity contribution is 0.256. The van der Waals surface area contributed by atoms with Crippen molar-refractivity contribution in [3.05, 3.63) is 57.5 Å². The molecule has 0 aliphatic heterocycles. The van der Waals surface area contributed by atoms with Gasteiger partial charge in [0.1, 0.15) is 16.2 Å². The number of nitrogens with zero attached hydrogens (tertiary/aromatic N) is 4. The van der Waals surface area contributed by atoms with Gasteiger partial charge in [-0.2, -0.15) is 4.98 Å². The molecule has 0 fully saturated rings. The van der Waals surface area contributed by atoms with Crippen molar-refractivity contribution in [1.29, 1.82) is 0 Å². The molecule has 4 N–H and O–H groups in total. The van der Waals surface area contributed by atoms with E-state index < -0.39 is 27.5 Å². The van der Waals surface area contributed by atoms with E-state index in [2.05, 4.69) is 25.6 Å². The quantitative estimate of drug-likeness (QED) is 0.316. The van der Waals surface area contributed by atoms with Crippen molar-refractivity contribution < 1.29 is 18.3 Å².